The zero-order valence-corrected chi connectivity index (χ0v) is 17.6. The quantitative estimate of drug-likeness (QED) is 0.417. The highest BCUT2D eigenvalue weighted by Gasteiger charge is 2.24. The first-order valence-corrected chi connectivity index (χ1v) is 10.5. The summed E-state index contributed by atoms with van der Waals surface area (Å²) in [6.45, 7) is 4.12. The number of carbonyl (C=O) groups is 1. The Morgan fingerprint density at radius 2 is 2.03 bits per heavy atom. The van der Waals surface area contributed by atoms with Crippen molar-refractivity contribution in [2.75, 3.05) is 10.6 Å². The van der Waals surface area contributed by atoms with Crippen molar-refractivity contribution in [3.05, 3.63) is 94.6 Å². The van der Waals surface area contributed by atoms with E-state index < -0.39 is 0 Å². The molecule has 4 heterocycles. The maximum absolute atomic E-state index is 12.6. The van der Waals surface area contributed by atoms with E-state index in [1.165, 1.54) is 11.1 Å². The van der Waals surface area contributed by atoms with Gasteiger partial charge in [0.25, 0.3) is 5.91 Å². The molecule has 1 atom stereocenters. The predicted octanol–water partition coefficient (Wildman–Crippen LogP) is 5.46. The highest BCUT2D eigenvalue weighted by Crippen LogP contribution is 2.37. The number of rotatable bonds is 7. The number of thiophene rings is 1. The Hall–Kier alpha value is -3.45. The van der Waals surface area contributed by atoms with Crippen LogP contribution in [0.2, 0.25) is 0 Å². The molecule has 4 aromatic rings. The van der Waals surface area contributed by atoms with Crippen LogP contribution in [0.15, 0.2) is 71.6 Å². The summed E-state index contributed by atoms with van der Waals surface area (Å²) in [5.74, 6) is 0.743. The number of hydrogen-bond acceptors (Lipinski definition) is 6. The van der Waals surface area contributed by atoms with Crippen LogP contribution >= 0.6 is 11.3 Å². The number of anilines is 2. The topological polar surface area (TPSA) is 80.0 Å². The van der Waals surface area contributed by atoms with Gasteiger partial charge in [-0.25, -0.2) is 4.98 Å². The molecular formula is C23H22N4O2S. The Morgan fingerprint density at radius 1 is 1.13 bits per heavy atom. The minimum atomic E-state index is -0.279. The fraction of sp³-hybridized carbons (Fsp3) is 0.174. The number of amides is 1. The van der Waals surface area contributed by atoms with E-state index in [2.05, 4.69) is 33.6 Å². The summed E-state index contributed by atoms with van der Waals surface area (Å²) in [7, 11) is 0. The molecule has 1 amide bonds. The summed E-state index contributed by atoms with van der Waals surface area (Å²) in [5, 5.41) is 7.28. The van der Waals surface area contributed by atoms with E-state index in [0.29, 0.717) is 0 Å². The smallest absolute Gasteiger partial charge is 0.291 e. The third-order valence-electron chi connectivity index (χ3n) is 4.63. The van der Waals surface area contributed by atoms with Crippen LogP contribution in [0.25, 0.3) is 0 Å². The fourth-order valence-corrected chi connectivity index (χ4v) is 4.17. The first kappa shape index (κ1) is 19.8. The molecule has 7 heteroatoms. The molecule has 0 fully saturated rings. The van der Waals surface area contributed by atoms with Crippen LogP contribution in [-0.2, 0) is 6.42 Å². The second kappa shape index (κ2) is 8.92. The van der Waals surface area contributed by atoms with Crippen LogP contribution in [0.3, 0.4) is 0 Å². The molecular weight excluding hydrogens is 396 g/mol. The van der Waals surface area contributed by atoms with Gasteiger partial charge in [-0.15, -0.1) is 11.3 Å². The average Bonchev–Trinajstić information content (AvgIpc) is 3.43. The molecule has 0 aliphatic carbocycles. The third-order valence-corrected chi connectivity index (χ3v) is 5.85. The maximum Gasteiger partial charge on any atom is 0.291 e. The number of furan rings is 1. The number of aromatic nitrogens is 2. The van der Waals surface area contributed by atoms with E-state index in [1.807, 2.05) is 37.3 Å². The van der Waals surface area contributed by atoms with Crippen molar-refractivity contribution in [1.82, 2.24) is 9.97 Å². The molecule has 0 radical (unpaired) electrons. The summed E-state index contributed by atoms with van der Waals surface area (Å²) in [4.78, 5) is 22.8. The van der Waals surface area contributed by atoms with Gasteiger partial charge >= 0.3 is 0 Å². The van der Waals surface area contributed by atoms with Crippen molar-refractivity contribution < 1.29 is 9.21 Å². The molecule has 1 unspecified atom stereocenters. The van der Waals surface area contributed by atoms with Crippen molar-refractivity contribution >= 4 is 28.1 Å². The number of pyridine rings is 2. The molecule has 0 saturated heterocycles. The lowest BCUT2D eigenvalue weighted by molar-refractivity contribution is 0.0997. The summed E-state index contributed by atoms with van der Waals surface area (Å²) in [6.07, 6.45) is 5.90. The molecule has 6 nitrogen and oxygen atoms in total. The predicted molar refractivity (Wildman–Crippen MR) is 119 cm³/mol. The molecule has 0 aliphatic heterocycles. The highest BCUT2D eigenvalue weighted by atomic mass is 32.1. The second-order valence-electron chi connectivity index (χ2n) is 6.83. The van der Waals surface area contributed by atoms with E-state index in [9.17, 15) is 4.79 Å². The summed E-state index contributed by atoms with van der Waals surface area (Å²) >= 11 is 1.56. The second-order valence-corrected chi connectivity index (χ2v) is 7.97. The van der Waals surface area contributed by atoms with Gasteiger partial charge in [-0.3, -0.25) is 9.78 Å². The van der Waals surface area contributed by atoms with Crippen LogP contribution in [0.1, 0.15) is 45.2 Å². The monoisotopic (exact) mass is 418 g/mol. The van der Waals surface area contributed by atoms with Gasteiger partial charge in [0.2, 0.25) is 0 Å². The van der Waals surface area contributed by atoms with Gasteiger partial charge in [0, 0.05) is 22.8 Å². The van der Waals surface area contributed by atoms with Crippen molar-refractivity contribution in [1.29, 1.82) is 0 Å². The fourth-order valence-electron chi connectivity index (χ4n) is 3.14. The molecule has 30 heavy (non-hydrogen) atoms. The molecule has 0 bridgehead atoms. The number of aryl methyl sites for hydroxylation is 2. The molecule has 0 aromatic carbocycles. The third kappa shape index (κ3) is 4.41. The minimum absolute atomic E-state index is 0.273. The van der Waals surface area contributed by atoms with Gasteiger partial charge in [-0.2, -0.15) is 0 Å². The summed E-state index contributed by atoms with van der Waals surface area (Å²) in [6, 6.07) is 14.9. The average molecular weight is 419 g/mol. The van der Waals surface area contributed by atoms with Gasteiger partial charge in [0.15, 0.2) is 5.76 Å². The first-order chi connectivity index (χ1) is 14.6. The minimum Gasteiger partial charge on any atom is -0.459 e. The molecule has 4 aromatic heterocycles. The zero-order valence-electron chi connectivity index (χ0n) is 16.8. The van der Waals surface area contributed by atoms with Crippen molar-refractivity contribution in [2.45, 2.75) is 26.3 Å². The summed E-state index contributed by atoms with van der Waals surface area (Å²) in [5.41, 5.74) is 2.90. The van der Waals surface area contributed by atoms with Gasteiger partial charge in [-0.05, 0) is 61.4 Å². The Labute approximate surface area is 179 Å². The van der Waals surface area contributed by atoms with Crippen molar-refractivity contribution in [2.24, 2.45) is 0 Å². The van der Waals surface area contributed by atoms with Crippen LogP contribution in [-0.4, -0.2) is 15.9 Å². The SMILES string of the molecule is CCc1cc(C(Nc2cc(C)ccn2)c2ccccn2)c(NC(=O)c2ccco2)s1. The van der Waals surface area contributed by atoms with Gasteiger partial charge < -0.3 is 15.1 Å². The molecule has 2 N–H and O–H groups in total. The van der Waals surface area contributed by atoms with E-state index in [1.54, 1.807) is 35.9 Å². The van der Waals surface area contributed by atoms with E-state index in [0.717, 1.165) is 34.1 Å². The van der Waals surface area contributed by atoms with Gasteiger partial charge in [0.05, 0.1) is 18.0 Å². The lowest BCUT2D eigenvalue weighted by Gasteiger charge is -2.20. The lowest BCUT2D eigenvalue weighted by Crippen LogP contribution is -2.17. The first-order valence-electron chi connectivity index (χ1n) is 9.71. The normalized spacial score (nSPS) is 11.8. The van der Waals surface area contributed by atoms with Crippen LogP contribution < -0.4 is 10.6 Å². The molecule has 4 rings (SSSR count). The lowest BCUT2D eigenvalue weighted by atomic mass is 10.0. The van der Waals surface area contributed by atoms with Gasteiger partial charge in [0.1, 0.15) is 10.8 Å². The summed E-state index contributed by atoms with van der Waals surface area (Å²) < 4.78 is 5.25. The van der Waals surface area contributed by atoms with Crippen LogP contribution in [0, 0.1) is 6.92 Å². The zero-order chi connectivity index (χ0) is 20.9. The van der Waals surface area contributed by atoms with Crippen molar-refractivity contribution in [3.63, 3.8) is 0 Å². The number of nitrogens with one attached hydrogen (secondary N) is 2. The highest BCUT2D eigenvalue weighted by molar-refractivity contribution is 7.16. The van der Waals surface area contributed by atoms with E-state index in [-0.39, 0.29) is 17.7 Å². The van der Waals surface area contributed by atoms with Crippen LogP contribution in [0.4, 0.5) is 10.8 Å². The maximum atomic E-state index is 12.6. The molecule has 0 saturated carbocycles. The number of hydrogen-bond donors (Lipinski definition) is 2. The van der Waals surface area contributed by atoms with E-state index >= 15 is 0 Å². The Balaban J connectivity index is 1.74. The molecule has 152 valence electrons. The number of carbonyl (C=O) groups excluding carboxylic acids is 1. The molecule has 0 spiro atoms. The molecule has 0 aliphatic rings. The van der Waals surface area contributed by atoms with Gasteiger partial charge in [-0.1, -0.05) is 13.0 Å². The Morgan fingerprint density at radius 3 is 2.73 bits per heavy atom. The number of nitrogens with zero attached hydrogens (tertiary/aromatic N) is 2. The standard InChI is InChI=1S/C23H22N4O2S/c1-3-16-14-17(23(30-16)27-22(28)19-8-6-12-29-19)21(18-7-4-5-10-24-18)26-20-13-15(2)9-11-25-20/h4-14,21H,3H2,1-2H3,(H,25,26)(H,27,28). The van der Waals surface area contributed by atoms with Crippen LogP contribution in [0.5, 0.6) is 0 Å². The Bertz CT molecular complexity index is 1120. The van der Waals surface area contributed by atoms with E-state index in [4.69, 9.17) is 4.42 Å². The Kier molecular flexibility index (Phi) is 5.90. The van der Waals surface area contributed by atoms with Crippen molar-refractivity contribution in [3.8, 4) is 0 Å². The largest absolute Gasteiger partial charge is 0.459 e.